The van der Waals surface area contributed by atoms with Gasteiger partial charge in [0.25, 0.3) is 0 Å². The highest BCUT2D eigenvalue weighted by atomic mass is 79.9. The smallest absolute Gasteiger partial charge is 0.348 e. The van der Waals surface area contributed by atoms with Crippen molar-refractivity contribution in [2.45, 2.75) is 33.8 Å². The Morgan fingerprint density at radius 3 is 2.33 bits per heavy atom. The second-order valence-electron chi connectivity index (χ2n) is 8.36. The summed E-state index contributed by atoms with van der Waals surface area (Å²) >= 11 is 4.48. The molecule has 0 radical (unpaired) electrons. The number of esters is 2. The van der Waals surface area contributed by atoms with Crippen LogP contribution in [0.1, 0.15) is 55.4 Å². The molecule has 0 bridgehead atoms. The number of ether oxygens (including phenoxy) is 4. The number of carbonyl (C=O) groups excluding carboxylic acids is 3. The number of ketones is 1. The minimum Gasteiger partial charge on any atom is -0.493 e. The van der Waals surface area contributed by atoms with E-state index in [1.165, 1.54) is 13.2 Å². The number of rotatable bonds is 12. The lowest BCUT2D eigenvalue weighted by Crippen LogP contribution is -2.12. The van der Waals surface area contributed by atoms with E-state index in [1.54, 1.807) is 32.9 Å². The molecule has 1 aromatic heterocycles. The molecule has 1 heterocycles. The van der Waals surface area contributed by atoms with Crippen molar-refractivity contribution in [1.29, 1.82) is 5.26 Å². The maximum Gasteiger partial charge on any atom is 0.348 e. The number of thiophene rings is 1. The molecule has 40 heavy (non-hydrogen) atoms. The van der Waals surface area contributed by atoms with E-state index in [4.69, 9.17) is 18.9 Å². The Kier molecular flexibility index (Phi) is 11.1. The Hall–Kier alpha value is -3.94. The van der Waals surface area contributed by atoms with Gasteiger partial charge in [0.2, 0.25) is 0 Å². The van der Waals surface area contributed by atoms with E-state index in [9.17, 15) is 19.6 Å². The molecule has 0 aliphatic rings. The van der Waals surface area contributed by atoms with Gasteiger partial charge in [-0.3, -0.25) is 4.79 Å². The van der Waals surface area contributed by atoms with Gasteiger partial charge in [-0.15, -0.1) is 11.3 Å². The van der Waals surface area contributed by atoms with Gasteiger partial charge in [0.05, 0.1) is 31.5 Å². The average Bonchev–Trinajstić information content (AvgIpc) is 3.27. The molecular formula is C30H28BrNO7S. The zero-order valence-electron chi connectivity index (χ0n) is 22.5. The lowest BCUT2D eigenvalue weighted by molar-refractivity contribution is -0.114. The summed E-state index contributed by atoms with van der Waals surface area (Å²) in [5.41, 5.74) is 1.89. The molecule has 0 fully saturated rings. The van der Waals surface area contributed by atoms with Crippen LogP contribution in [0, 0.1) is 18.3 Å². The quantitative estimate of drug-likeness (QED) is 0.128. The minimum atomic E-state index is -0.643. The van der Waals surface area contributed by atoms with Crippen LogP contribution in [0.5, 0.6) is 11.5 Å². The van der Waals surface area contributed by atoms with Gasteiger partial charge < -0.3 is 18.9 Å². The molecule has 0 spiro atoms. The van der Waals surface area contributed by atoms with Gasteiger partial charge in [-0.25, -0.2) is 9.59 Å². The Balaban J connectivity index is 1.91. The molecule has 0 saturated heterocycles. The Morgan fingerprint density at radius 2 is 1.70 bits per heavy atom. The van der Waals surface area contributed by atoms with Gasteiger partial charge in [0.15, 0.2) is 17.3 Å². The summed E-state index contributed by atoms with van der Waals surface area (Å²) in [6, 6.07) is 15.0. The van der Waals surface area contributed by atoms with Crippen LogP contribution in [-0.2, 0) is 27.3 Å². The maximum atomic E-state index is 13.3. The molecule has 10 heteroatoms. The molecule has 0 aliphatic heterocycles. The topological polar surface area (TPSA) is 112 Å². The fourth-order valence-corrected chi connectivity index (χ4v) is 5.42. The van der Waals surface area contributed by atoms with Crippen molar-refractivity contribution in [3.8, 4) is 17.6 Å². The van der Waals surface area contributed by atoms with Crippen LogP contribution in [0.4, 0.5) is 0 Å². The zero-order chi connectivity index (χ0) is 29.2. The van der Waals surface area contributed by atoms with Gasteiger partial charge in [-0.2, -0.15) is 5.26 Å². The third-order valence-electron chi connectivity index (χ3n) is 5.72. The number of benzene rings is 2. The molecule has 0 atom stereocenters. The van der Waals surface area contributed by atoms with Crippen molar-refractivity contribution in [3.05, 3.63) is 84.5 Å². The third kappa shape index (κ3) is 7.37. The SMILES string of the molecule is CCOC(=O)c1sc(CC(=O)/C(C#N)=C/c2cc(OC)c(OCc3ccccc3)cc2Br)c(C(=O)OCC)c1C. The summed E-state index contributed by atoms with van der Waals surface area (Å²) in [4.78, 5) is 38.9. The highest BCUT2D eigenvalue weighted by Gasteiger charge is 2.28. The maximum absolute atomic E-state index is 13.3. The van der Waals surface area contributed by atoms with Crippen molar-refractivity contribution >= 4 is 51.1 Å². The molecule has 0 unspecified atom stereocenters. The van der Waals surface area contributed by atoms with E-state index >= 15 is 0 Å². The normalized spacial score (nSPS) is 10.9. The summed E-state index contributed by atoms with van der Waals surface area (Å²) < 4.78 is 22.3. The van der Waals surface area contributed by atoms with Crippen molar-refractivity contribution in [3.63, 3.8) is 0 Å². The number of carbonyl (C=O) groups is 3. The van der Waals surface area contributed by atoms with Crippen LogP contribution in [0.3, 0.4) is 0 Å². The lowest BCUT2D eigenvalue weighted by atomic mass is 10.0. The first kappa shape index (κ1) is 30.6. The number of nitriles is 1. The molecular weight excluding hydrogens is 598 g/mol. The number of hydrogen-bond acceptors (Lipinski definition) is 9. The largest absolute Gasteiger partial charge is 0.493 e. The van der Waals surface area contributed by atoms with E-state index in [2.05, 4.69) is 15.9 Å². The first-order valence-corrected chi connectivity index (χ1v) is 14.0. The third-order valence-corrected chi connectivity index (χ3v) is 7.68. The highest BCUT2D eigenvalue weighted by Crippen LogP contribution is 2.36. The van der Waals surface area contributed by atoms with Crippen molar-refractivity contribution < 1.29 is 33.3 Å². The fourth-order valence-electron chi connectivity index (χ4n) is 3.80. The average molecular weight is 627 g/mol. The molecule has 3 aromatic rings. The molecule has 0 aliphatic carbocycles. The molecule has 0 N–H and O–H groups in total. The highest BCUT2D eigenvalue weighted by molar-refractivity contribution is 9.10. The van der Waals surface area contributed by atoms with Crippen LogP contribution >= 0.6 is 27.3 Å². The van der Waals surface area contributed by atoms with E-state index in [0.717, 1.165) is 16.9 Å². The first-order valence-electron chi connectivity index (χ1n) is 12.4. The van der Waals surface area contributed by atoms with Gasteiger partial charge in [0.1, 0.15) is 17.6 Å². The van der Waals surface area contributed by atoms with E-state index < -0.39 is 17.7 Å². The van der Waals surface area contributed by atoms with Crippen LogP contribution in [0.2, 0.25) is 0 Å². The summed E-state index contributed by atoms with van der Waals surface area (Å²) in [6.07, 6.45) is 1.16. The minimum absolute atomic E-state index is 0.126. The second-order valence-corrected chi connectivity index (χ2v) is 10.3. The predicted octanol–water partition coefficient (Wildman–Crippen LogP) is 6.48. The van der Waals surface area contributed by atoms with Crippen molar-refractivity contribution in [1.82, 2.24) is 0 Å². The molecule has 2 aromatic carbocycles. The van der Waals surface area contributed by atoms with Crippen LogP contribution in [-0.4, -0.2) is 38.0 Å². The van der Waals surface area contributed by atoms with Gasteiger partial charge in [0, 0.05) is 15.8 Å². The van der Waals surface area contributed by atoms with Crippen LogP contribution < -0.4 is 9.47 Å². The summed E-state index contributed by atoms with van der Waals surface area (Å²) in [5.74, 6) is -0.848. The monoisotopic (exact) mass is 625 g/mol. The molecule has 0 saturated carbocycles. The van der Waals surface area contributed by atoms with Gasteiger partial charge >= 0.3 is 11.9 Å². The first-order chi connectivity index (χ1) is 19.2. The van der Waals surface area contributed by atoms with E-state index in [0.29, 0.717) is 38.6 Å². The lowest BCUT2D eigenvalue weighted by Gasteiger charge is -2.13. The number of nitrogens with zero attached hydrogens (tertiary/aromatic N) is 1. The Bertz CT molecular complexity index is 1470. The van der Waals surface area contributed by atoms with E-state index in [-0.39, 0.29) is 35.6 Å². The number of hydrogen-bond donors (Lipinski definition) is 0. The number of halogens is 1. The summed E-state index contributed by atoms with van der Waals surface area (Å²) in [7, 11) is 1.50. The standard InChI is InChI=1S/C30H28BrNO7S/c1-5-37-29(34)27-18(3)28(30(35)38-6-2)40-26(27)15-23(33)21(16-32)12-20-13-24(36-4)25(14-22(20)31)39-17-19-10-8-7-9-11-19/h7-14H,5-6,15,17H2,1-4H3/b21-12+. The van der Waals surface area contributed by atoms with Gasteiger partial charge in [-0.05, 0) is 55.7 Å². The molecule has 3 rings (SSSR count). The number of allylic oxidation sites excluding steroid dienone is 1. The number of Topliss-reactive ketones (excluding diaryl/α,β-unsaturated/α-hetero) is 1. The van der Waals surface area contributed by atoms with Crippen LogP contribution in [0.15, 0.2) is 52.5 Å². The van der Waals surface area contributed by atoms with Crippen LogP contribution in [0.25, 0.3) is 6.08 Å². The second kappa shape index (κ2) is 14.4. The number of methoxy groups -OCH3 is 1. The fraction of sp³-hybridized carbons (Fsp3) is 0.267. The molecule has 208 valence electrons. The Labute approximate surface area is 245 Å². The van der Waals surface area contributed by atoms with E-state index in [1.807, 2.05) is 36.4 Å². The zero-order valence-corrected chi connectivity index (χ0v) is 24.9. The predicted molar refractivity (Wildman–Crippen MR) is 155 cm³/mol. The summed E-state index contributed by atoms with van der Waals surface area (Å²) in [5, 5.41) is 9.83. The van der Waals surface area contributed by atoms with Crippen molar-refractivity contribution in [2.75, 3.05) is 20.3 Å². The molecule has 0 amide bonds. The molecule has 8 nitrogen and oxygen atoms in total. The van der Waals surface area contributed by atoms with Crippen molar-refractivity contribution in [2.24, 2.45) is 0 Å². The summed E-state index contributed by atoms with van der Waals surface area (Å²) in [6.45, 7) is 5.57. The Morgan fingerprint density at radius 1 is 1.02 bits per heavy atom. The van der Waals surface area contributed by atoms with Gasteiger partial charge in [-0.1, -0.05) is 46.3 Å².